The maximum atomic E-state index is 12.3. The van der Waals surface area contributed by atoms with Gasteiger partial charge < -0.3 is 10.2 Å². The van der Waals surface area contributed by atoms with E-state index in [1.54, 1.807) is 0 Å². The topological polar surface area (TPSA) is 35.6 Å². The van der Waals surface area contributed by atoms with E-state index in [0.717, 1.165) is 24.2 Å². The predicted molar refractivity (Wildman–Crippen MR) is 90.5 cm³/mol. The lowest BCUT2D eigenvalue weighted by Gasteiger charge is -2.32. The largest absolute Gasteiger partial charge is 0.378 e. The van der Waals surface area contributed by atoms with Gasteiger partial charge in [-0.15, -0.1) is 0 Å². The minimum absolute atomic E-state index is 0.0441. The molecule has 2 heterocycles. The smallest absolute Gasteiger partial charge is 0.251 e. The Balaban J connectivity index is 1.55. The fourth-order valence-corrected chi connectivity index (χ4v) is 4.07. The lowest BCUT2D eigenvalue weighted by Crippen LogP contribution is -2.41. The summed E-state index contributed by atoms with van der Waals surface area (Å²) in [4.78, 5) is 17.0. The van der Waals surface area contributed by atoms with Crippen molar-refractivity contribution in [3.8, 4) is 0 Å². The highest BCUT2D eigenvalue weighted by atomic mass is 16.1. The molecular formula is C18H27N3O. The Morgan fingerprint density at radius 3 is 2.68 bits per heavy atom. The second-order valence-electron chi connectivity index (χ2n) is 6.87. The molecule has 4 nitrogen and oxygen atoms in total. The van der Waals surface area contributed by atoms with Crippen LogP contribution < -0.4 is 10.2 Å². The molecule has 3 rings (SSSR count). The molecule has 2 fully saturated rings. The Labute approximate surface area is 133 Å². The van der Waals surface area contributed by atoms with Crippen molar-refractivity contribution in [2.45, 2.75) is 37.6 Å². The Kier molecular flexibility index (Phi) is 4.39. The molecular weight excluding hydrogens is 274 g/mol. The van der Waals surface area contributed by atoms with Crippen molar-refractivity contribution in [3.05, 3.63) is 29.8 Å². The van der Waals surface area contributed by atoms with Gasteiger partial charge in [-0.1, -0.05) is 6.07 Å². The molecule has 2 aliphatic rings. The highest BCUT2D eigenvalue weighted by molar-refractivity contribution is 5.95. The summed E-state index contributed by atoms with van der Waals surface area (Å²) >= 11 is 0. The minimum Gasteiger partial charge on any atom is -0.378 e. The van der Waals surface area contributed by atoms with Crippen LogP contribution in [0.1, 0.15) is 42.5 Å². The Morgan fingerprint density at radius 2 is 2.00 bits per heavy atom. The van der Waals surface area contributed by atoms with Gasteiger partial charge in [0.05, 0.1) is 0 Å². The van der Waals surface area contributed by atoms with Crippen LogP contribution in [0.25, 0.3) is 0 Å². The van der Waals surface area contributed by atoms with Gasteiger partial charge in [-0.3, -0.25) is 9.69 Å². The van der Waals surface area contributed by atoms with Crippen LogP contribution in [0, 0.1) is 0 Å². The third kappa shape index (κ3) is 2.98. The van der Waals surface area contributed by atoms with Gasteiger partial charge in [0.1, 0.15) is 0 Å². The number of nitrogens with zero attached hydrogens (tertiary/aromatic N) is 2. The van der Waals surface area contributed by atoms with E-state index in [-0.39, 0.29) is 5.91 Å². The monoisotopic (exact) mass is 301 g/mol. The number of amides is 1. The van der Waals surface area contributed by atoms with Crippen molar-refractivity contribution in [1.29, 1.82) is 0 Å². The van der Waals surface area contributed by atoms with Crippen LogP contribution in [0.4, 0.5) is 5.69 Å². The van der Waals surface area contributed by atoms with Gasteiger partial charge in [0, 0.05) is 37.4 Å². The van der Waals surface area contributed by atoms with Crippen molar-refractivity contribution < 1.29 is 4.79 Å². The van der Waals surface area contributed by atoms with Crippen LogP contribution in [0.3, 0.4) is 0 Å². The lowest BCUT2D eigenvalue weighted by atomic mass is 9.90. The summed E-state index contributed by atoms with van der Waals surface area (Å²) in [5.74, 6) is 0.0441. The first-order valence-electron chi connectivity index (χ1n) is 8.41. The number of hydrogen-bond acceptors (Lipinski definition) is 3. The molecule has 0 aromatic heterocycles. The highest BCUT2D eigenvalue weighted by Crippen LogP contribution is 2.40. The van der Waals surface area contributed by atoms with Crippen molar-refractivity contribution in [3.63, 3.8) is 0 Å². The van der Waals surface area contributed by atoms with E-state index in [9.17, 15) is 4.79 Å². The van der Waals surface area contributed by atoms with Gasteiger partial charge in [-0.2, -0.15) is 0 Å². The zero-order valence-corrected chi connectivity index (χ0v) is 13.8. The first-order valence-corrected chi connectivity index (χ1v) is 8.41. The number of hydrogen-bond donors (Lipinski definition) is 1. The van der Waals surface area contributed by atoms with Crippen LogP contribution in [-0.2, 0) is 0 Å². The predicted octanol–water partition coefficient (Wildman–Crippen LogP) is 2.50. The molecule has 0 spiro atoms. The van der Waals surface area contributed by atoms with Crippen LogP contribution >= 0.6 is 0 Å². The maximum Gasteiger partial charge on any atom is 0.251 e. The SMILES string of the molecule is CN(C)c1cccc(C(=O)NCCC23CCCN2CCC3)c1. The summed E-state index contributed by atoms with van der Waals surface area (Å²) in [5.41, 5.74) is 2.20. The molecule has 0 atom stereocenters. The van der Waals surface area contributed by atoms with Gasteiger partial charge in [0.15, 0.2) is 0 Å². The van der Waals surface area contributed by atoms with E-state index in [1.165, 1.54) is 38.8 Å². The Hall–Kier alpha value is -1.55. The molecule has 120 valence electrons. The third-order valence-electron chi connectivity index (χ3n) is 5.31. The molecule has 0 bridgehead atoms. The molecule has 1 aromatic rings. The highest BCUT2D eigenvalue weighted by Gasteiger charge is 2.43. The van der Waals surface area contributed by atoms with E-state index < -0.39 is 0 Å². The van der Waals surface area contributed by atoms with Crippen molar-refractivity contribution >= 4 is 11.6 Å². The molecule has 2 aliphatic heterocycles. The second-order valence-corrected chi connectivity index (χ2v) is 6.87. The van der Waals surface area contributed by atoms with Gasteiger partial charge in [0.2, 0.25) is 0 Å². The molecule has 4 heteroatoms. The van der Waals surface area contributed by atoms with Gasteiger partial charge in [-0.25, -0.2) is 0 Å². The standard InChI is InChI=1S/C18H27N3O/c1-20(2)16-7-3-6-15(14-16)17(22)19-11-10-18-8-4-12-21(18)13-5-9-18/h3,6-7,14H,4-5,8-13H2,1-2H3,(H,19,22). The van der Waals surface area contributed by atoms with Gasteiger partial charge >= 0.3 is 0 Å². The minimum atomic E-state index is 0.0441. The fraction of sp³-hybridized carbons (Fsp3) is 0.611. The molecule has 2 saturated heterocycles. The van der Waals surface area contributed by atoms with Crippen LogP contribution in [0.5, 0.6) is 0 Å². The molecule has 1 aromatic carbocycles. The van der Waals surface area contributed by atoms with Crippen molar-refractivity contribution in [1.82, 2.24) is 10.2 Å². The number of fused-ring (bicyclic) bond motifs is 1. The van der Waals surface area contributed by atoms with E-state index in [0.29, 0.717) is 5.54 Å². The molecule has 22 heavy (non-hydrogen) atoms. The van der Waals surface area contributed by atoms with Crippen LogP contribution in [0.15, 0.2) is 24.3 Å². The van der Waals surface area contributed by atoms with E-state index in [1.807, 2.05) is 43.3 Å². The average molecular weight is 301 g/mol. The fourth-order valence-electron chi connectivity index (χ4n) is 4.07. The molecule has 1 N–H and O–H groups in total. The van der Waals surface area contributed by atoms with E-state index in [2.05, 4.69) is 10.2 Å². The summed E-state index contributed by atoms with van der Waals surface area (Å²) in [6.07, 6.45) is 6.34. The van der Waals surface area contributed by atoms with Crippen LogP contribution in [-0.4, -0.2) is 50.1 Å². The number of carbonyl (C=O) groups is 1. The third-order valence-corrected chi connectivity index (χ3v) is 5.31. The second kappa shape index (κ2) is 6.29. The van der Waals surface area contributed by atoms with E-state index in [4.69, 9.17) is 0 Å². The number of rotatable bonds is 5. The summed E-state index contributed by atoms with van der Waals surface area (Å²) in [6.45, 7) is 3.28. The molecule has 0 aliphatic carbocycles. The average Bonchev–Trinajstić information content (AvgIpc) is 3.07. The Morgan fingerprint density at radius 1 is 1.27 bits per heavy atom. The molecule has 0 radical (unpaired) electrons. The van der Waals surface area contributed by atoms with Crippen molar-refractivity contribution in [2.75, 3.05) is 38.6 Å². The summed E-state index contributed by atoms with van der Waals surface area (Å²) in [5, 5.41) is 3.12. The normalized spacial score (nSPS) is 19.9. The first-order chi connectivity index (χ1) is 10.6. The van der Waals surface area contributed by atoms with Gasteiger partial charge in [-0.05, 0) is 63.4 Å². The van der Waals surface area contributed by atoms with Gasteiger partial charge in [0.25, 0.3) is 5.91 Å². The number of carbonyl (C=O) groups excluding carboxylic acids is 1. The van der Waals surface area contributed by atoms with Crippen molar-refractivity contribution in [2.24, 2.45) is 0 Å². The molecule has 0 saturated carbocycles. The summed E-state index contributed by atoms with van der Waals surface area (Å²) in [7, 11) is 3.98. The number of anilines is 1. The summed E-state index contributed by atoms with van der Waals surface area (Å²) in [6, 6.07) is 7.80. The maximum absolute atomic E-state index is 12.3. The first kappa shape index (κ1) is 15.3. The van der Waals surface area contributed by atoms with E-state index >= 15 is 0 Å². The quantitative estimate of drug-likeness (QED) is 0.907. The summed E-state index contributed by atoms with van der Waals surface area (Å²) < 4.78 is 0. The molecule has 0 unspecified atom stereocenters. The number of nitrogens with one attached hydrogen (secondary N) is 1. The molecule has 1 amide bonds. The Bertz CT molecular complexity index is 531. The zero-order chi connectivity index (χ0) is 15.6. The lowest BCUT2D eigenvalue weighted by molar-refractivity contribution is 0.0943. The number of benzene rings is 1. The zero-order valence-electron chi connectivity index (χ0n) is 13.8. The van der Waals surface area contributed by atoms with Crippen LogP contribution in [0.2, 0.25) is 0 Å².